The van der Waals surface area contributed by atoms with E-state index in [1.807, 2.05) is 6.07 Å². The lowest BCUT2D eigenvalue weighted by molar-refractivity contribution is 0.329. The molecule has 4 heteroatoms. The number of hydrogen-bond donors (Lipinski definition) is 2. The topological polar surface area (TPSA) is 64.1 Å². The summed E-state index contributed by atoms with van der Waals surface area (Å²) in [4.78, 5) is 4.12. The molecule has 1 aromatic carbocycles. The molecule has 1 heterocycles. The lowest BCUT2D eigenvalue weighted by Gasteiger charge is -2.29. The number of oxazole rings is 1. The van der Waals surface area contributed by atoms with Crippen LogP contribution >= 0.6 is 0 Å². The number of nitrogens with two attached hydrogens (primary N) is 1. The van der Waals surface area contributed by atoms with Crippen LogP contribution in [-0.2, 0) is 6.42 Å². The molecule has 0 bridgehead atoms. The Kier molecular flexibility index (Phi) is 3.80. The number of nitrogens with one attached hydrogen (secondary N) is 1. The van der Waals surface area contributed by atoms with Gasteiger partial charge in [-0.25, -0.2) is 4.98 Å². The second-order valence-electron chi connectivity index (χ2n) is 5.41. The molecule has 0 radical (unpaired) electrons. The Balaban J connectivity index is 1.53. The van der Waals surface area contributed by atoms with Crippen molar-refractivity contribution in [3.63, 3.8) is 0 Å². The standard InChI is InChI=1S/C15H21N3O/c16-12-3-1-2-4-13(12)17-8-7-11-5-6-14-15(9-11)19-10-18-14/h5-6,9-10,12-13,17H,1-4,7-8,16H2. The van der Waals surface area contributed by atoms with Gasteiger partial charge in [-0.2, -0.15) is 0 Å². The van der Waals surface area contributed by atoms with Gasteiger partial charge in [0.25, 0.3) is 0 Å². The minimum atomic E-state index is 0.325. The van der Waals surface area contributed by atoms with E-state index in [-0.39, 0.29) is 0 Å². The minimum Gasteiger partial charge on any atom is -0.443 e. The lowest BCUT2D eigenvalue weighted by Crippen LogP contribution is -2.47. The second-order valence-corrected chi connectivity index (χ2v) is 5.41. The molecule has 0 aliphatic heterocycles. The van der Waals surface area contributed by atoms with Gasteiger partial charge in [-0.05, 0) is 43.5 Å². The molecule has 19 heavy (non-hydrogen) atoms. The predicted octanol–water partition coefficient (Wildman–Crippen LogP) is 2.23. The number of benzene rings is 1. The van der Waals surface area contributed by atoms with Crippen molar-refractivity contribution in [1.82, 2.24) is 10.3 Å². The van der Waals surface area contributed by atoms with Crippen molar-refractivity contribution < 1.29 is 4.42 Å². The largest absolute Gasteiger partial charge is 0.443 e. The Labute approximate surface area is 113 Å². The van der Waals surface area contributed by atoms with Crippen LogP contribution in [0.1, 0.15) is 31.2 Å². The monoisotopic (exact) mass is 259 g/mol. The summed E-state index contributed by atoms with van der Waals surface area (Å²) in [6.45, 7) is 0.970. The molecule has 2 unspecified atom stereocenters. The van der Waals surface area contributed by atoms with E-state index in [9.17, 15) is 0 Å². The fourth-order valence-corrected chi connectivity index (χ4v) is 2.87. The molecule has 0 amide bonds. The van der Waals surface area contributed by atoms with Gasteiger partial charge in [0.2, 0.25) is 0 Å². The van der Waals surface area contributed by atoms with Crippen LogP contribution in [0.25, 0.3) is 11.1 Å². The van der Waals surface area contributed by atoms with Gasteiger partial charge in [0.05, 0.1) is 0 Å². The van der Waals surface area contributed by atoms with Crippen LogP contribution < -0.4 is 11.1 Å². The maximum Gasteiger partial charge on any atom is 0.181 e. The highest BCUT2D eigenvalue weighted by Gasteiger charge is 2.20. The van der Waals surface area contributed by atoms with E-state index in [0.29, 0.717) is 12.1 Å². The molecular weight excluding hydrogens is 238 g/mol. The highest BCUT2D eigenvalue weighted by atomic mass is 16.3. The molecule has 3 N–H and O–H groups in total. The van der Waals surface area contributed by atoms with E-state index in [1.165, 1.54) is 31.2 Å². The molecule has 0 spiro atoms. The molecule has 2 aromatic rings. The van der Waals surface area contributed by atoms with Gasteiger partial charge in [-0.15, -0.1) is 0 Å². The SMILES string of the molecule is NC1CCCCC1NCCc1ccc2ncoc2c1. The van der Waals surface area contributed by atoms with Crippen LogP contribution in [0.15, 0.2) is 29.0 Å². The summed E-state index contributed by atoms with van der Waals surface area (Å²) in [7, 11) is 0. The molecule has 2 atom stereocenters. The van der Waals surface area contributed by atoms with Crippen molar-refractivity contribution in [1.29, 1.82) is 0 Å². The van der Waals surface area contributed by atoms with Crippen LogP contribution in [0.3, 0.4) is 0 Å². The van der Waals surface area contributed by atoms with Crippen molar-refractivity contribution in [2.75, 3.05) is 6.54 Å². The molecule has 3 rings (SSSR count). The molecule has 4 nitrogen and oxygen atoms in total. The summed E-state index contributed by atoms with van der Waals surface area (Å²) in [6, 6.07) is 7.02. The Morgan fingerprint density at radius 2 is 2.21 bits per heavy atom. The number of fused-ring (bicyclic) bond motifs is 1. The normalized spacial score (nSPS) is 23.8. The highest BCUT2D eigenvalue weighted by Crippen LogP contribution is 2.17. The summed E-state index contributed by atoms with van der Waals surface area (Å²) in [5.74, 6) is 0. The van der Waals surface area contributed by atoms with Crippen LogP contribution in [-0.4, -0.2) is 23.6 Å². The van der Waals surface area contributed by atoms with Gasteiger partial charge in [-0.3, -0.25) is 0 Å². The zero-order valence-electron chi connectivity index (χ0n) is 11.1. The average molecular weight is 259 g/mol. The first-order chi connectivity index (χ1) is 9.33. The van der Waals surface area contributed by atoms with Crippen LogP contribution in [0.2, 0.25) is 0 Å². The summed E-state index contributed by atoms with van der Waals surface area (Å²) in [6.07, 6.45) is 7.44. The Morgan fingerprint density at radius 3 is 3.11 bits per heavy atom. The van der Waals surface area contributed by atoms with Crippen molar-refractivity contribution in [3.8, 4) is 0 Å². The highest BCUT2D eigenvalue weighted by molar-refractivity contribution is 5.72. The van der Waals surface area contributed by atoms with Gasteiger partial charge < -0.3 is 15.5 Å². The molecule has 1 aromatic heterocycles. The van der Waals surface area contributed by atoms with E-state index < -0.39 is 0 Å². The second kappa shape index (κ2) is 5.72. The maximum atomic E-state index is 6.13. The quantitative estimate of drug-likeness (QED) is 0.883. The zero-order chi connectivity index (χ0) is 13.1. The average Bonchev–Trinajstić information content (AvgIpc) is 2.88. The Morgan fingerprint density at radius 1 is 1.32 bits per heavy atom. The van der Waals surface area contributed by atoms with Crippen LogP contribution in [0.4, 0.5) is 0 Å². The van der Waals surface area contributed by atoms with Crippen molar-refractivity contribution >= 4 is 11.1 Å². The fourth-order valence-electron chi connectivity index (χ4n) is 2.87. The lowest BCUT2D eigenvalue weighted by atomic mass is 9.91. The Bertz CT molecular complexity index is 537. The van der Waals surface area contributed by atoms with Gasteiger partial charge >= 0.3 is 0 Å². The van der Waals surface area contributed by atoms with E-state index in [1.54, 1.807) is 0 Å². The van der Waals surface area contributed by atoms with Gasteiger partial charge in [-0.1, -0.05) is 18.9 Å². The zero-order valence-corrected chi connectivity index (χ0v) is 11.1. The first-order valence-electron chi connectivity index (χ1n) is 7.14. The number of aromatic nitrogens is 1. The first kappa shape index (κ1) is 12.6. The first-order valence-corrected chi connectivity index (χ1v) is 7.14. The van der Waals surface area contributed by atoms with Crippen molar-refractivity contribution in [2.24, 2.45) is 5.73 Å². The molecule has 1 aliphatic rings. The summed E-state index contributed by atoms with van der Waals surface area (Å²) >= 11 is 0. The molecule has 1 fully saturated rings. The van der Waals surface area contributed by atoms with E-state index in [4.69, 9.17) is 10.2 Å². The van der Waals surface area contributed by atoms with E-state index in [0.717, 1.165) is 30.5 Å². The van der Waals surface area contributed by atoms with Gasteiger partial charge in [0.1, 0.15) is 5.52 Å². The molecular formula is C15H21N3O. The predicted molar refractivity (Wildman–Crippen MR) is 75.9 cm³/mol. The summed E-state index contributed by atoms with van der Waals surface area (Å²) in [5.41, 5.74) is 9.20. The van der Waals surface area contributed by atoms with E-state index in [2.05, 4.69) is 22.4 Å². The van der Waals surface area contributed by atoms with Crippen LogP contribution in [0.5, 0.6) is 0 Å². The summed E-state index contributed by atoms with van der Waals surface area (Å²) < 4.78 is 5.32. The molecule has 0 saturated heterocycles. The molecule has 102 valence electrons. The smallest absolute Gasteiger partial charge is 0.181 e. The van der Waals surface area contributed by atoms with Crippen molar-refractivity contribution in [2.45, 2.75) is 44.2 Å². The van der Waals surface area contributed by atoms with E-state index >= 15 is 0 Å². The minimum absolute atomic E-state index is 0.325. The van der Waals surface area contributed by atoms with Gasteiger partial charge in [0, 0.05) is 12.1 Å². The third-order valence-electron chi connectivity index (χ3n) is 4.04. The van der Waals surface area contributed by atoms with Crippen LogP contribution in [0, 0.1) is 0 Å². The van der Waals surface area contributed by atoms with Crippen molar-refractivity contribution in [3.05, 3.63) is 30.2 Å². The third-order valence-corrected chi connectivity index (χ3v) is 4.04. The number of nitrogens with zero attached hydrogens (tertiary/aromatic N) is 1. The number of hydrogen-bond acceptors (Lipinski definition) is 4. The maximum absolute atomic E-state index is 6.13. The summed E-state index contributed by atoms with van der Waals surface area (Å²) in [5, 5.41) is 3.59. The number of rotatable bonds is 4. The molecule has 1 aliphatic carbocycles. The fraction of sp³-hybridized carbons (Fsp3) is 0.533. The third kappa shape index (κ3) is 2.96. The van der Waals surface area contributed by atoms with Gasteiger partial charge in [0.15, 0.2) is 12.0 Å². The molecule has 1 saturated carbocycles. The Hall–Kier alpha value is -1.39.